The highest BCUT2D eigenvalue weighted by Crippen LogP contribution is 2.20. The number of ether oxygens (including phenoxy) is 2. The molecule has 10 heteroatoms. The summed E-state index contributed by atoms with van der Waals surface area (Å²) in [4.78, 5) is 47.5. The number of carboxylic acids is 1. The summed E-state index contributed by atoms with van der Waals surface area (Å²) in [6.45, 7) is 2.91. The highest BCUT2D eigenvalue weighted by atomic mass is 16.5. The molecule has 0 saturated carbocycles. The molecule has 2 aliphatic heterocycles. The second-order valence-electron chi connectivity index (χ2n) is 6.19. The van der Waals surface area contributed by atoms with Gasteiger partial charge >= 0.3 is 12.0 Å². The number of carboxylic acid groups (broad SMARTS) is 1. The summed E-state index contributed by atoms with van der Waals surface area (Å²) in [5.41, 5.74) is -1.11. The standard InChI is InChI=1S/C14H21N3O7/c1-14(2)12(21)16-13(22)17(14)5-10(18)15-8-3-4-23-6-9(8)24-7-11(19)20/h8-9H,3-7H2,1-2H3,(H,15,18)(H,19,20)(H,16,21,22)/t8-,9-/m1/s1. The van der Waals surface area contributed by atoms with E-state index in [1.54, 1.807) is 13.8 Å². The maximum Gasteiger partial charge on any atom is 0.329 e. The van der Waals surface area contributed by atoms with Crippen molar-refractivity contribution >= 4 is 23.8 Å². The van der Waals surface area contributed by atoms with Crippen LogP contribution in [-0.4, -0.2) is 77.9 Å². The molecule has 0 spiro atoms. The van der Waals surface area contributed by atoms with Crippen molar-refractivity contribution < 1.29 is 33.8 Å². The zero-order valence-electron chi connectivity index (χ0n) is 13.5. The molecule has 2 saturated heterocycles. The van der Waals surface area contributed by atoms with Gasteiger partial charge < -0.3 is 24.8 Å². The fourth-order valence-corrected chi connectivity index (χ4v) is 2.58. The molecular weight excluding hydrogens is 322 g/mol. The maximum absolute atomic E-state index is 12.2. The Bertz CT molecular complexity index is 548. The van der Waals surface area contributed by atoms with E-state index in [-0.39, 0.29) is 13.2 Å². The predicted molar refractivity (Wildman–Crippen MR) is 79.1 cm³/mol. The molecule has 2 fully saturated rings. The number of rotatable bonds is 6. The third-order valence-corrected chi connectivity index (χ3v) is 4.07. The van der Waals surface area contributed by atoms with Gasteiger partial charge in [-0.2, -0.15) is 0 Å². The Kier molecular flexibility index (Phi) is 5.40. The number of nitrogens with one attached hydrogen (secondary N) is 2. The van der Waals surface area contributed by atoms with Crippen LogP contribution in [0.15, 0.2) is 0 Å². The third kappa shape index (κ3) is 4.01. The fourth-order valence-electron chi connectivity index (χ4n) is 2.58. The average molecular weight is 343 g/mol. The van der Waals surface area contributed by atoms with Crippen molar-refractivity contribution in [2.75, 3.05) is 26.4 Å². The summed E-state index contributed by atoms with van der Waals surface area (Å²) >= 11 is 0. The number of carbonyl (C=O) groups is 4. The topological polar surface area (TPSA) is 134 Å². The van der Waals surface area contributed by atoms with Crippen LogP contribution in [0, 0.1) is 0 Å². The number of imide groups is 1. The Morgan fingerprint density at radius 1 is 1.46 bits per heavy atom. The van der Waals surface area contributed by atoms with Crippen LogP contribution >= 0.6 is 0 Å². The molecule has 0 unspecified atom stereocenters. The smallest absolute Gasteiger partial charge is 0.329 e. The zero-order valence-corrected chi connectivity index (χ0v) is 13.5. The van der Waals surface area contributed by atoms with Gasteiger partial charge in [-0.1, -0.05) is 0 Å². The number of carbonyl (C=O) groups excluding carboxylic acids is 3. The molecule has 24 heavy (non-hydrogen) atoms. The van der Waals surface area contributed by atoms with E-state index in [9.17, 15) is 19.2 Å². The Hall–Kier alpha value is -2.20. The summed E-state index contributed by atoms with van der Waals surface area (Å²) < 4.78 is 10.5. The second kappa shape index (κ2) is 7.14. The van der Waals surface area contributed by atoms with Crippen molar-refractivity contribution in [3.63, 3.8) is 0 Å². The van der Waals surface area contributed by atoms with Crippen LogP contribution in [0.3, 0.4) is 0 Å². The molecule has 3 N–H and O–H groups in total. The van der Waals surface area contributed by atoms with E-state index in [0.29, 0.717) is 13.0 Å². The van der Waals surface area contributed by atoms with Gasteiger partial charge in [-0.3, -0.25) is 14.9 Å². The average Bonchev–Trinajstić information content (AvgIpc) is 2.68. The first-order chi connectivity index (χ1) is 11.2. The Morgan fingerprint density at radius 2 is 2.17 bits per heavy atom. The molecule has 0 aromatic rings. The van der Waals surface area contributed by atoms with Crippen LogP contribution in [0.25, 0.3) is 0 Å². The normalized spacial score (nSPS) is 26.2. The highest BCUT2D eigenvalue weighted by molar-refractivity contribution is 6.07. The van der Waals surface area contributed by atoms with Crippen molar-refractivity contribution in [1.82, 2.24) is 15.5 Å². The summed E-state index contributed by atoms with van der Waals surface area (Å²) in [5.74, 6) is -2.03. The lowest BCUT2D eigenvalue weighted by Gasteiger charge is -2.33. The monoisotopic (exact) mass is 343 g/mol. The van der Waals surface area contributed by atoms with Crippen molar-refractivity contribution in [3.8, 4) is 0 Å². The Labute approximate surface area is 138 Å². The van der Waals surface area contributed by atoms with Gasteiger partial charge in [-0.25, -0.2) is 9.59 Å². The first kappa shape index (κ1) is 18.1. The lowest BCUT2D eigenvalue weighted by atomic mass is 10.0. The Balaban J connectivity index is 1.93. The van der Waals surface area contributed by atoms with Crippen LogP contribution in [0.4, 0.5) is 4.79 Å². The largest absolute Gasteiger partial charge is 0.480 e. The lowest BCUT2D eigenvalue weighted by Crippen LogP contribution is -2.54. The SMILES string of the molecule is CC1(C)C(=O)NC(=O)N1CC(=O)N[C@@H]1CCOC[C@H]1OCC(=O)O. The molecule has 10 nitrogen and oxygen atoms in total. The van der Waals surface area contributed by atoms with Crippen molar-refractivity contribution in [2.24, 2.45) is 0 Å². The third-order valence-electron chi connectivity index (χ3n) is 4.07. The van der Waals surface area contributed by atoms with Crippen LogP contribution in [0.2, 0.25) is 0 Å². The molecule has 0 bridgehead atoms. The van der Waals surface area contributed by atoms with Gasteiger partial charge in [-0.15, -0.1) is 0 Å². The number of urea groups is 1. The van der Waals surface area contributed by atoms with Crippen LogP contribution in [-0.2, 0) is 23.9 Å². The van der Waals surface area contributed by atoms with Gasteiger partial charge in [0, 0.05) is 6.61 Å². The van der Waals surface area contributed by atoms with Crippen LogP contribution < -0.4 is 10.6 Å². The van der Waals surface area contributed by atoms with Crippen molar-refractivity contribution in [2.45, 2.75) is 38.0 Å². The molecular formula is C14H21N3O7. The molecule has 0 aromatic heterocycles. The number of nitrogens with zero attached hydrogens (tertiary/aromatic N) is 1. The zero-order chi connectivity index (χ0) is 17.9. The van der Waals surface area contributed by atoms with E-state index in [1.807, 2.05) is 0 Å². The molecule has 2 heterocycles. The maximum atomic E-state index is 12.2. The van der Waals surface area contributed by atoms with Crippen molar-refractivity contribution in [3.05, 3.63) is 0 Å². The van der Waals surface area contributed by atoms with Gasteiger partial charge in [0.1, 0.15) is 24.8 Å². The van der Waals surface area contributed by atoms with E-state index in [1.165, 1.54) is 0 Å². The first-order valence-corrected chi connectivity index (χ1v) is 7.55. The van der Waals surface area contributed by atoms with E-state index in [2.05, 4.69) is 10.6 Å². The van der Waals surface area contributed by atoms with Gasteiger partial charge in [0.15, 0.2) is 0 Å². The lowest BCUT2D eigenvalue weighted by molar-refractivity contribution is -0.149. The number of amides is 4. The van der Waals surface area contributed by atoms with Gasteiger partial charge in [0.2, 0.25) is 5.91 Å². The minimum atomic E-state index is -1.11. The minimum Gasteiger partial charge on any atom is -0.480 e. The van der Waals surface area contributed by atoms with Gasteiger partial charge in [-0.05, 0) is 20.3 Å². The fraction of sp³-hybridized carbons (Fsp3) is 0.714. The summed E-state index contributed by atoms with van der Waals surface area (Å²) in [6.07, 6.45) is -0.120. The molecule has 4 amide bonds. The van der Waals surface area contributed by atoms with Crippen molar-refractivity contribution in [1.29, 1.82) is 0 Å². The van der Waals surface area contributed by atoms with Gasteiger partial charge in [0.25, 0.3) is 5.91 Å². The molecule has 2 rings (SSSR count). The van der Waals surface area contributed by atoms with Gasteiger partial charge in [0.05, 0.1) is 12.6 Å². The molecule has 2 aliphatic rings. The number of hydrogen-bond donors (Lipinski definition) is 3. The van der Waals surface area contributed by atoms with Crippen LogP contribution in [0.1, 0.15) is 20.3 Å². The van der Waals surface area contributed by atoms with E-state index in [4.69, 9.17) is 14.6 Å². The molecule has 0 radical (unpaired) electrons. The predicted octanol–water partition coefficient (Wildman–Crippen LogP) is -1.31. The molecule has 134 valence electrons. The summed E-state index contributed by atoms with van der Waals surface area (Å²) in [7, 11) is 0. The summed E-state index contributed by atoms with van der Waals surface area (Å²) in [6, 6.07) is -1.04. The Morgan fingerprint density at radius 3 is 2.75 bits per heavy atom. The quantitative estimate of drug-likeness (QED) is 0.510. The first-order valence-electron chi connectivity index (χ1n) is 7.55. The minimum absolute atomic E-state index is 0.173. The summed E-state index contributed by atoms with van der Waals surface area (Å²) in [5, 5.41) is 13.6. The number of aliphatic carboxylic acids is 1. The van der Waals surface area contributed by atoms with E-state index >= 15 is 0 Å². The molecule has 2 atom stereocenters. The van der Waals surface area contributed by atoms with E-state index in [0.717, 1.165) is 4.90 Å². The molecule has 0 aromatic carbocycles. The number of hydrogen-bond acceptors (Lipinski definition) is 6. The molecule has 0 aliphatic carbocycles. The van der Waals surface area contributed by atoms with Crippen LogP contribution in [0.5, 0.6) is 0 Å². The highest BCUT2D eigenvalue weighted by Gasteiger charge is 2.46. The second-order valence-corrected chi connectivity index (χ2v) is 6.19. The van der Waals surface area contributed by atoms with E-state index < -0.39 is 48.1 Å².